The van der Waals surface area contributed by atoms with E-state index in [1.54, 1.807) is 13.8 Å². The van der Waals surface area contributed by atoms with Crippen LogP contribution in [0.25, 0.3) is 0 Å². The largest absolute Gasteiger partial charge is 0.489 e. The molecule has 0 amide bonds. The fraction of sp³-hybridized carbons (Fsp3) is 0.500. The minimum atomic E-state index is -5.73. The molecule has 1 heterocycles. The number of nitrogens with zero attached hydrogens (tertiary/aromatic N) is 1. The highest BCUT2D eigenvalue weighted by Crippen LogP contribution is 2.41. The highest BCUT2D eigenvalue weighted by Gasteiger charge is 2.60. The maximum Gasteiger partial charge on any atom is 0.407 e. The van der Waals surface area contributed by atoms with Gasteiger partial charge in [-0.3, -0.25) is 9.78 Å². The monoisotopic (exact) mass is 315 g/mol. The van der Waals surface area contributed by atoms with Crippen molar-refractivity contribution < 1.29 is 35.9 Å². The summed E-state index contributed by atoms with van der Waals surface area (Å²) >= 11 is 0. The molecule has 0 saturated carbocycles. The van der Waals surface area contributed by atoms with E-state index in [2.05, 4.69) is 4.98 Å². The van der Waals surface area contributed by atoms with Gasteiger partial charge in [-0.2, -0.15) is 26.3 Å². The minimum Gasteiger partial charge on any atom is -0.489 e. The van der Waals surface area contributed by atoms with Crippen molar-refractivity contribution >= 4 is 5.78 Å². The summed E-state index contributed by atoms with van der Waals surface area (Å²) in [6.45, 7) is 3.20. The van der Waals surface area contributed by atoms with Gasteiger partial charge in [0.1, 0.15) is 5.75 Å². The molecule has 0 aliphatic rings. The van der Waals surface area contributed by atoms with Crippen molar-refractivity contribution in [3.05, 3.63) is 24.0 Å². The number of carbonyl (C=O) groups excluding carboxylic acids is 1. The molecule has 0 spiro atoms. The number of hydrogen-bond acceptors (Lipinski definition) is 3. The van der Waals surface area contributed by atoms with Crippen LogP contribution in [0.3, 0.4) is 0 Å². The summed E-state index contributed by atoms with van der Waals surface area (Å²) in [6, 6.07) is 0.805. The number of hydrogen-bond donors (Lipinski definition) is 0. The molecule has 0 aliphatic carbocycles. The maximum atomic E-state index is 12.5. The van der Waals surface area contributed by atoms with Crippen molar-refractivity contribution in [1.82, 2.24) is 4.98 Å². The molecule has 1 aromatic heterocycles. The van der Waals surface area contributed by atoms with E-state index >= 15 is 0 Å². The Balaban J connectivity index is 3.16. The molecule has 0 N–H and O–H groups in total. The Kier molecular flexibility index (Phi) is 4.85. The van der Waals surface area contributed by atoms with Gasteiger partial charge in [0.25, 0.3) is 0 Å². The molecule has 0 fully saturated rings. The fourth-order valence-corrected chi connectivity index (χ4v) is 1.54. The zero-order chi connectivity index (χ0) is 16.4. The van der Waals surface area contributed by atoms with Crippen LogP contribution in [0.4, 0.5) is 26.3 Å². The van der Waals surface area contributed by atoms with Gasteiger partial charge in [0.15, 0.2) is 5.78 Å². The maximum absolute atomic E-state index is 12.5. The van der Waals surface area contributed by atoms with Gasteiger partial charge >= 0.3 is 12.4 Å². The summed E-state index contributed by atoms with van der Waals surface area (Å²) < 4.78 is 79.9. The number of ether oxygens (including phenoxy) is 1. The molecule has 9 heteroatoms. The lowest BCUT2D eigenvalue weighted by atomic mass is 9.97. The molecule has 0 unspecified atom stereocenters. The molecule has 21 heavy (non-hydrogen) atoms. The Hall–Kier alpha value is -1.80. The average molecular weight is 315 g/mol. The van der Waals surface area contributed by atoms with E-state index in [9.17, 15) is 31.1 Å². The van der Waals surface area contributed by atoms with E-state index in [1.165, 1.54) is 0 Å². The summed E-state index contributed by atoms with van der Waals surface area (Å²) in [5, 5.41) is 0. The van der Waals surface area contributed by atoms with Crippen LogP contribution in [0.2, 0.25) is 0 Å². The third-order valence-electron chi connectivity index (χ3n) is 2.29. The molecule has 0 aliphatic heterocycles. The second-order valence-corrected chi connectivity index (χ2v) is 4.46. The van der Waals surface area contributed by atoms with Crippen LogP contribution < -0.4 is 4.74 Å². The van der Waals surface area contributed by atoms with Gasteiger partial charge < -0.3 is 4.74 Å². The molecule has 0 bridgehead atoms. The van der Waals surface area contributed by atoms with Crippen LogP contribution in [0.15, 0.2) is 18.5 Å². The number of ketones is 1. The van der Waals surface area contributed by atoms with E-state index in [0.717, 1.165) is 12.3 Å². The molecule has 3 nitrogen and oxygen atoms in total. The number of Topliss-reactive ketones (excluding diaryl/α,β-unsaturated/α-hetero) is 1. The minimum absolute atomic E-state index is 0.0843. The second-order valence-electron chi connectivity index (χ2n) is 4.46. The lowest BCUT2D eigenvalue weighted by Crippen LogP contribution is -2.42. The summed E-state index contributed by atoms with van der Waals surface area (Å²) in [5.41, 5.74) is -0.812. The van der Waals surface area contributed by atoms with E-state index in [1.807, 2.05) is 0 Å². The first-order valence-electron chi connectivity index (χ1n) is 5.72. The molecule has 0 radical (unpaired) electrons. The lowest BCUT2D eigenvalue weighted by molar-refractivity contribution is -0.264. The summed E-state index contributed by atoms with van der Waals surface area (Å²) in [5.74, 6) is -6.28. The van der Waals surface area contributed by atoms with Crippen LogP contribution in [0, 0.1) is 5.92 Å². The van der Waals surface area contributed by atoms with Crippen LogP contribution in [-0.4, -0.2) is 29.2 Å². The first kappa shape index (κ1) is 17.3. The van der Waals surface area contributed by atoms with Crippen molar-refractivity contribution in [1.29, 1.82) is 0 Å². The number of rotatable bonds is 4. The summed E-state index contributed by atoms with van der Waals surface area (Å²) in [6.07, 6.45) is -10.1. The predicted octanol–water partition coefficient (Wildman–Crippen LogP) is 3.79. The number of alkyl halides is 6. The Morgan fingerprint density at radius 2 is 1.62 bits per heavy atom. The van der Waals surface area contributed by atoms with Crippen molar-refractivity contribution in [3.8, 4) is 5.75 Å². The van der Waals surface area contributed by atoms with Gasteiger partial charge in [-0.05, 0) is 19.9 Å². The van der Waals surface area contributed by atoms with Gasteiger partial charge in [0, 0.05) is 11.8 Å². The molecule has 0 aromatic carbocycles. The lowest BCUT2D eigenvalue weighted by Gasteiger charge is -2.21. The molecule has 0 saturated heterocycles. The standard InChI is InChI=1S/C12H11F6NO2/c1-6(2)21-8-3-7(4-19-5-8)9(20)10(11(13,14)15)12(16,17)18/h3-6,10H,1-2H3. The summed E-state index contributed by atoms with van der Waals surface area (Å²) in [4.78, 5) is 15.0. The second kappa shape index (κ2) is 5.90. The van der Waals surface area contributed by atoms with E-state index in [4.69, 9.17) is 4.74 Å². The van der Waals surface area contributed by atoms with E-state index < -0.39 is 29.6 Å². The van der Waals surface area contributed by atoms with Gasteiger partial charge in [-0.25, -0.2) is 0 Å². The zero-order valence-electron chi connectivity index (χ0n) is 10.9. The zero-order valence-corrected chi connectivity index (χ0v) is 10.9. The van der Waals surface area contributed by atoms with Crippen LogP contribution >= 0.6 is 0 Å². The normalized spacial score (nSPS) is 12.9. The van der Waals surface area contributed by atoms with Crippen LogP contribution in [0.5, 0.6) is 5.75 Å². The number of aromatic nitrogens is 1. The average Bonchev–Trinajstić information content (AvgIpc) is 2.24. The fourth-order valence-electron chi connectivity index (χ4n) is 1.54. The van der Waals surface area contributed by atoms with Crippen molar-refractivity contribution in [2.45, 2.75) is 32.3 Å². The van der Waals surface area contributed by atoms with Gasteiger partial charge in [-0.1, -0.05) is 0 Å². The molecule has 0 atom stereocenters. The quantitative estimate of drug-likeness (QED) is 0.627. The van der Waals surface area contributed by atoms with Crippen LogP contribution in [-0.2, 0) is 0 Å². The highest BCUT2D eigenvalue weighted by molar-refractivity contribution is 5.98. The predicted molar refractivity (Wildman–Crippen MR) is 59.9 cm³/mol. The van der Waals surface area contributed by atoms with Crippen molar-refractivity contribution in [2.24, 2.45) is 5.92 Å². The van der Waals surface area contributed by atoms with Gasteiger partial charge in [0.2, 0.25) is 5.92 Å². The number of carbonyl (C=O) groups is 1. The third kappa shape index (κ3) is 4.61. The smallest absolute Gasteiger partial charge is 0.407 e. The number of pyridine rings is 1. The topological polar surface area (TPSA) is 39.2 Å². The molecular formula is C12H11F6NO2. The van der Waals surface area contributed by atoms with Gasteiger partial charge in [0.05, 0.1) is 12.3 Å². The van der Waals surface area contributed by atoms with E-state index in [-0.39, 0.29) is 11.9 Å². The molecule has 1 aromatic rings. The Bertz CT molecular complexity index is 495. The van der Waals surface area contributed by atoms with E-state index in [0.29, 0.717) is 6.20 Å². The Labute approximate surface area is 115 Å². The Morgan fingerprint density at radius 1 is 1.10 bits per heavy atom. The molecular weight excluding hydrogens is 304 g/mol. The first-order valence-corrected chi connectivity index (χ1v) is 5.72. The van der Waals surface area contributed by atoms with Crippen molar-refractivity contribution in [3.63, 3.8) is 0 Å². The Morgan fingerprint density at radius 3 is 2.05 bits per heavy atom. The SMILES string of the molecule is CC(C)Oc1cncc(C(=O)C(C(F)(F)F)C(F)(F)F)c1. The number of halogens is 6. The molecule has 1 rings (SSSR count). The highest BCUT2D eigenvalue weighted by atomic mass is 19.4. The first-order chi connectivity index (χ1) is 9.43. The van der Waals surface area contributed by atoms with Gasteiger partial charge in [-0.15, -0.1) is 0 Å². The van der Waals surface area contributed by atoms with Crippen molar-refractivity contribution in [2.75, 3.05) is 0 Å². The third-order valence-corrected chi connectivity index (χ3v) is 2.29. The summed E-state index contributed by atoms with van der Waals surface area (Å²) in [7, 11) is 0. The van der Waals surface area contributed by atoms with Crippen LogP contribution in [0.1, 0.15) is 24.2 Å². The molecule has 118 valence electrons.